The highest BCUT2D eigenvalue weighted by atomic mass is 32.2. The first-order valence-electron chi connectivity index (χ1n) is 5.83. The molecule has 0 spiro atoms. The van der Waals surface area contributed by atoms with Gasteiger partial charge in [0, 0.05) is 12.8 Å². The Hall–Kier alpha value is -1.31. The van der Waals surface area contributed by atoms with E-state index in [0.717, 1.165) is 5.56 Å². The smallest absolute Gasteiger partial charge is 0.175 e. The van der Waals surface area contributed by atoms with Crippen molar-refractivity contribution in [2.24, 2.45) is 5.92 Å². The van der Waals surface area contributed by atoms with Crippen molar-refractivity contribution in [3.8, 4) is 12.3 Å². The zero-order valence-electron chi connectivity index (χ0n) is 11.0. The number of rotatable bonds is 5. The second-order valence-corrected chi connectivity index (χ2v) is 6.70. The first kappa shape index (κ1) is 14.7. The highest BCUT2D eigenvalue weighted by Gasteiger charge is 2.09. The standard InChI is InChI=1S/C14H19NO2S/c1-5-14(11(2)3)15-10-12-6-8-13(9-7-12)18(4,16)17/h1,6-9,11,14-15H,10H2,2-4H3. The molecule has 0 fully saturated rings. The van der Waals surface area contributed by atoms with Crippen LogP contribution in [-0.4, -0.2) is 20.7 Å². The highest BCUT2D eigenvalue weighted by Crippen LogP contribution is 2.10. The maximum absolute atomic E-state index is 11.3. The fourth-order valence-corrected chi connectivity index (χ4v) is 2.20. The molecule has 1 atom stereocenters. The van der Waals surface area contributed by atoms with Crippen LogP contribution in [0.3, 0.4) is 0 Å². The maximum atomic E-state index is 11.3. The van der Waals surface area contributed by atoms with Gasteiger partial charge in [0.25, 0.3) is 0 Å². The Kier molecular flexibility index (Phi) is 4.94. The Bertz CT molecular complexity index is 524. The van der Waals surface area contributed by atoms with Crippen LogP contribution in [0.5, 0.6) is 0 Å². The van der Waals surface area contributed by atoms with E-state index in [9.17, 15) is 8.42 Å². The van der Waals surface area contributed by atoms with Crippen LogP contribution in [0.1, 0.15) is 19.4 Å². The fraction of sp³-hybridized carbons (Fsp3) is 0.429. The molecule has 0 amide bonds. The highest BCUT2D eigenvalue weighted by molar-refractivity contribution is 7.90. The van der Waals surface area contributed by atoms with Gasteiger partial charge in [-0.25, -0.2) is 8.42 Å². The first-order chi connectivity index (χ1) is 8.34. The molecule has 18 heavy (non-hydrogen) atoms. The van der Waals surface area contributed by atoms with Gasteiger partial charge in [0.05, 0.1) is 10.9 Å². The van der Waals surface area contributed by atoms with Gasteiger partial charge in [-0.15, -0.1) is 6.42 Å². The summed E-state index contributed by atoms with van der Waals surface area (Å²) in [5.41, 5.74) is 1.02. The monoisotopic (exact) mass is 265 g/mol. The normalized spacial score (nSPS) is 13.3. The van der Waals surface area contributed by atoms with Gasteiger partial charge < -0.3 is 0 Å². The molecular formula is C14H19NO2S. The van der Waals surface area contributed by atoms with Crippen LogP contribution in [0.15, 0.2) is 29.2 Å². The summed E-state index contributed by atoms with van der Waals surface area (Å²) in [4.78, 5) is 0.337. The average molecular weight is 265 g/mol. The van der Waals surface area contributed by atoms with Crippen molar-refractivity contribution in [3.05, 3.63) is 29.8 Å². The second kappa shape index (κ2) is 6.03. The molecule has 0 aliphatic carbocycles. The molecule has 0 aliphatic heterocycles. The molecule has 0 aromatic heterocycles. The van der Waals surface area contributed by atoms with E-state index in [4.69, 9.17) is 6.42 Å². The van der Waals surface area contributed by atoms with Crippen LogP contribution in [0, 0.1) is 18.3 Å². The van der Waals surface area contributed by atoms with E-state index in [1.54, 1.807) is 24.3 Å². The molecule has 1 N–H and O–H groups in total. The Morgan fingerprint density at radius 3 is 2.22 bits per heavy atom. The largest absolute Gasteiger partial charge is 0.299 e. The third kappa shape index (κ3) is 4.17. The van der Waals surface area contributed by atoms with Crippen molar-refractivity contribution in [2.75, 3.05) is 6.26 Å². The molecule has 0 bridgehead atoms. The Morgan fingerprint density at radius 2 is 1.83 bits per heavy atom. The van der Waals surface area contributed by atoms with Crippen LogP contribution >= 0.6 is 0 Å². The van der Waals surface area contributed by atoms with Gasteiger partial charge in [-0.2, -0.15) is 0 Å². The van der Waals surface area contributed by atoms with Crippen LogP contribution in [0.4, 0.5) is 0 Å². The minimum Gasteiger partial charge on any atom is -0.299 e. The summed E-state index contributed by atoms with van der Waals surface area (Å²) in [6.45, 7) is 4.76. The van der Waals surface area contributed by atoms with Gasteiger partial charge in [0.15, 0.2) is 9.84 Å². The molecule has 1 aromatic rings. The van der Waals surface area contributed by atoms with Gasteiger partial charge in [0.2, 0.25) is 0 Å². The number of nitrogens with one attached hydrogen (secondary N) is 1. The Morgan fingerprint density at radius 1 is 1.28 bits per heavy atom. The third-order valence-corrected chi connectivity index (χ3v) is 3.85. The summed E-state index contributed by atoms with van der Waals surface area (Å²) in [5.74, 6) is 3.07. The van der Waals surface area contributed by atoms with E-state index in [1.807, 2.05) is 0 Å². The minimum absolute atomic E-state index is 0.0274. The van der Waals surface area contributed by atoms with Gasteiger partial charge in [-0.05, 0) is 23.6 Å². The van der Waals surface area contributed by atoms with Gasteiger partial charge in [-0.3, -0.25) is 5.32 Å². The quantitative estimate of drug-likeness (QED) is 0.826. The molecule has 4 heteroatoms. The average Bonchev–Trinajstić information content (AvgIpc) is 2.29. The van der Waals surface area contributed by atoms with Crippen molar-refractivity contribution in [1.29, 1.82) is 0 Å². The number of hydrogen-bond donors (Lipinski definition) is 1. The summed E-state index contributed by atoms with van der Waals surface area (Å²) in [6.07, 6.45) is 6.63. The topological polar surface area (TPSA) is 46.2 Å². The molecular weight excluding hydrogens is 246 g/mol. The molecule has 0 saturated heterocycles. The molecule has 1 aromatic carbocycles. The molecule has 3 nitrogen and oxygen atoms in total. The Balaban J connectivity index is 2.68. The van der Waals surface area contributed by atoms with E-state index >= 15 is 0 Å². The number of hydrogen-bond acceptors (Lipinski definition) is 3. The molecule has 98 valence electrons. The van der Waals surface area contributed by atoms with E-state index < -0.39 is 9.84 Å². The van der Waals surface area contributed by atoms with Crippen molar-refractivity contribution < 1.29 is 8.42 Å². The molecule has 0 radical (unpaired) electrons. The van der Waals surface area contributed by atoms with Crippen LogP contribution < -0.4 is 5.32 Å². The first-order valence-corrected chi connectivity index (χ1v) is 7.72. The molecule has 1 rings (SSSR count). The van der Waals surface area contributed by atoms with E-state index in [2.05, 4.69) is 25.1 Å². The van der Waals surface area contributed by atoms with E-state index in [1.165, 1.54) is 6.26 Å². The maximum Gasteiger partial charge on any atom is 0.175 e. The Labute approximate surface area is 110 Å². The summed E-state index contributed by atoms with van der Waals surface area (Å²) in [5, 5.41) is 3.26. The molecule has 0 saturated carbocycles. The van der Waals surface area contributed by atoms with Gasteiger partial charge in [0.1, 0.15) is 0 Å². The minimum atomic E-state index is -3.12. The van der Waals surface area contributed by atoms with Gasteiger partial charge >= 0.3 is 0 Å². The van der Waals surface area contributed by atoms with Gasteiger partial charge in [-0.1, -0.05) is 31.9 Å². The lowest BCUT2D eigenvalue weighted by Gasteiger charge is -2.16. The third-order valence-electron chi connectivity index (χ3n) is 2.72. The number of terminal acetylenes is 1. The zero-order valence-corrected chi connectivity index (χ0v) is 11.8. The SMILES string of the molecule is C#CC(NCc1ccc(S(C)(=O)=O)cc1)C(C)C. The van der Waals surface area contributed by atoms with Crippen LogP contribution in [-0.2, 0) is 16.4 Å². The summed E-state index contributed by atoms with van der Waals surface area (Å²) in [7, 11) is -3.12. The van der Waals surface area contributed by atoms with Crippen molar-refractivity contribution in [2.45, 2.75) is 31.3 Å². The zero-order chi connectivity index (χ0) is 13.8. The van der Waals surface area contributed by atoms with Crippen molar-refractivity contribution in [1.82, 2.24) is 5.32 Å². The van der Waals surface area contributed by atoms with E-state index in [0.29, 0.717) is 17.4 Å². The summed E-state index contributed by atoms with van der Waals surface area (Å²) in [6, 6.07) is 6.87. The lowest BCUT2D eigenvalue weighted by Crippen LogP contribution is -2.31. The molecule has 0 aliphatic rings. The van der Waals surface area contributed by atoms with E-state index in [-0.39, 0.29) is 6.04 Å². The fourth-order valence-electron chi connectivity index (χ4n) is 1.57. The van der Waals surface area contributed by atoms with Crippen molar-refractivity contribution >= 4 is 9.84 Å². The van der Waals surface area contributed by atoms with Crippen LogP contribution in [0.2, 0.25) is 0 Å². The predicted molar refractivity (Wildman–Crippen MR) is 73.9 cm³/mol. The lowest BCUT2D eigenvalue weighted by atomic mass is 10.1. The summed E-state index contributed by atoms with van der Waals surface area (Å²) >= 11 is 0. The van der Waals surface area contributed by atoms with Crippen LogP contribution in [0.25, 0.3) is 0 Å². The molecule has 1 unspecified atom stereocenters. The predicted octanol–water partition coefficient (Wildman–Crippen LogP) is 1.84. The summed E-state index contributed by atoms with van der Waals surface area (Å²) < 4.78 is 22.6. The number of sulfone groups is 1. The van der Waals surface area contributed by atoms with Crippen molar-refractivity contribution in [3.63, 3.8) is 0 Å². The second-order valence-electron chi connectivity index (χ2n) is 4.69. The molecule has 0 heterocycles. The lowest BCUT2D eigenvalue weighted by molar-refractivity contribution is 0.476. The number of benzene rings is 1.